The van der Waals surface area contributed by atoms with Crippen LogP contribution in [0.15, 0.2) is 59.8 Å². The summed E-state index contributed by atoms with van der Waals surface area (Å²) in [5, 5.41) is 18.8. The van der Waals surface area contributed by atoms with E-state index in [0.717, 1.165) is 24.2 Å². The van der Waals surface area contributed by atoms with Crippen LogP contribution < -0.4 is 10.6 Å². The Hall–Kier alpha value is -2.87. The molecule has 1 amide bonds. The first-order valence-electron chi connectivity index (χ1n) is 9.31. The largest absolute Gasteiger partial charge is 0.379 e. The van der Waals surface area contributed by atoms with Crippen LogP contribution in [0.4, 0.5) is 11.4 Å². The third kappa shape index (κ3) is 4.69. The van der Waals surface area contributed by atoms with Gasteiger partial charge in [-0.2, -0.15) is 0 Å². The maximum Gasteiger partial charge on any atom is 0.234 e. The van der Waals surface area contributed by atoms with Gasteiger partial charge in [-0.25, -0.2) is 4.68 Å². The number of amides is 1. The topological polar surface area (TPSA) is 84.7 Å². The van der Waals surface area contributed by atoms with Gasteiger partial charge >= 0.3 is 0 Å². The van der Waals surface area contributed by atoms with Crippen LogP contribution in [0.2, 0.25) is 0 Å². The van der Waals surface area contributed by atoms with Gasteiger partial charge in [0.15, 0.2) is 0 Å². The van der Waals surface area contributed by atoms with Crippen LogP contribution in [-0.4, -0.2) is 31.9 Å². The highest BCUT2D eigenvalue weighted by Crippen LogP contribution is 2.36. The van der Waals surface area contributed by atoms with E-state index >= 15 is 0 Å². The first kappa shape index (κ1) is 18.5. The quantitative estimate of drug-likeness (QED) is 0.564. The van der Waals surface area contributed by atoms with Gasteiger partial charge in [-0.1, -0.05) is 42.1 Å². The third-order valence-electron chi connectivity index (χ3n) is 4.54. The molecule has 1 aliphatic carbocycles. The summed E-state index contributed by atoms with van der Waals surface area (Å²) in [6, 6.07) is 18.6. The van der Waals surface area contributed by atoms with Crippen LogP contribution in [0, 0.1) is 0 Å². The van der Waals surface area contributed by atoms with Crippen LogP contribution in [0.1, 0.15) is 37.4 Å². The second kappa shape index (κ2) is 8.43. The number of carbonyl (C=O) groups excluding carboxylic acids is 1. The third-order valence-corrected chi connectivity index (χ3v) is 5.47. The zero-order valence-corrected chi connectivity index (χ0v) is 16.4. The Kier molecular flexibility index (Phi) is 5.57. The Morgan fingerprint density at radius 2 is 1.86 bits per heavy atom. The molecule has 1 saturated carbocycles. The first-order chi connectivity index (χ1) is 13.7. The summed E-state index contributed by atoms with van der Waals surface area (Å²) in [6.07, 6.45) is 2.21. The summed E-state index contributed by atoms with van der Waals surface area (Å²) in [7, 11) is 0. The number of thioether (sulfide) groups is 1. The van der Waals surface area contributed by atoms with E-state index in [1.54, 1.807) is 0 Å². The fraction of sp³-hybridized carbons (Fsp3) is 0.300. The fourth-order valence-corrected chi connectivity index (χ4v) is 3.63. The molecule has 1 atom stereocenters. The number of nitrogens with zero attached hydrogens (tertiary/aromatic N) is 4. The highest BCUT2D eigenvalue weighted by atomic mass is 32.2. The summed E-state index contributed by atoms with van der Waals surface area (Å²) in [5.74, 6) is 0.201. The number of hydrogen-bond acceptors (Lipinski definition) is 6. The predicted octanol–water partition coefficient (Wildman–Crippen LogP) is 3.91. The second-order valence-corrected chi connectivity index (χ2v) is 7.77. The highest BCUT2D eigenvalue weighted by molar-refractivity contribution is 7.99. The molecule has 2 N–H and O–H groups in total. The van der Waals surface area contributed by atoms with Gasteiger partial charge in [0.25, 0.3) is 0 Å². The summed E-state index contributed by atoms with van der Waals surface area (Å²) < 4.78 is 1.81. The number of nitrogens with one attached hydrogen (secondary N) is 2. The van der Waals surface area contributed by atoms with E-state index in [0.29, 0.717) is 11.2 Å². The molecule has 1 aliphatic rings. The second-order valence-electron chi connectivity index (χ2n) is 6.83. The van der Waals surface area contributed by atoms with Crippen molar-refractivity contribution in [2.45, 2.75) is 37.0 Å². The van der Waals surface area contributed by atoms with E-state index in [4.69, 9.17) is 0 Å². The molecular formula is C20H22N6OS. The molecule has 7 nitrogen and oxygen atoms in total. The van der Waals surface area contributed by atoms with E-state index in [1.165, 1.54) is 17.3 Å². The monoisotopic (exact) mass is 394 g/mol. The molecule has 0 spiro atoms. The van der Waals surface area contributed by atoms with E-state index in [-0.39, 0.29) is 17.7 Å². The normalized spacial score (nSPS) is 14.5. The number of anilines is 2. The Bertz CT molecular complexity index is 923. The average molecular weight is 395 g/mol. The zero-order valence-electron chi connectivity index (χ0n) is 15.6. The van der Waals surface area contributed by atoms with E-state index in [1.807, 2.05) is 47.1 Å². The van der Waals surface area contributed by atoms with E-state index in [2.05, 4.69) is 45.2 Å². The molecule has 144 valence electrons. The van der Waals surface area contributed by atoms with Gasteiger partial charge in [0.2, 0.25) is 11.1 Å². The Labute approximate surface area is 167 Å². The number of tetrazole rings is 1. The number of hydrogen-bond donors (Lipinski definition) is 2. The van der Waals surface area contributed by atoms with Crippen LogP contribution in [-0.2, 0) is 4.79 Å². The van der Waals surface area contributed by atoms with E-state index in [9.17, 15) is 4.79 Å². The summed E-state index contributed by atoms with van der Waals surface area (Å²) in [6.45, 7) is 2.12. The molecule has 0 saturated heterocycles. The lowest BCUT2D eigenvalue weighted by Crippen LogP contribution is -2.14. The molecule has 1 heterocycles. The Morgan fingerprint density at radius 1 is 1.14 bits per heavy atom. The lowest BCUT2D eigenvalue weighted by Gasteiger charge is -2.16. The van der Waals surface area contributed by atoms with Gasteiger partial charge in [0.1, 0.15) is 0 Å². The van der Waals surface area contributed by atoms with Crippen molar-refractivity contribution in [2.24, 2.45) is 0 Å². The number of rotatable bonds is 8. The molecule has 1 fully saturated rings. The van der Waals surface area contributed by atoms with Gasteiger partial charge in [0.05, 0.1) is 11.8 Å². The van der Waals surface area contributed by atoms with Gasteiger partial charge in [-0.05, 0) is 60.0 Å². The van der Waals surface area contributed by atoms with Crippen molar-refractivity contribution in [1.82, 2.24) is 20.2 Å². The standard InChI is InChI=1S/C20H22N6OS/c1-14(15-5-3-2-4-6-15)21-16-7-9-17(10-8-16)22-19(27)13-28-20-23-24-25-26(20)18-11-12-18/h2-10,14,18,21H,11-13H2,1H3,(H,22,27). The van der Waals surface area contributed by atoms with Gasteiger partial charge in [-0.15, -0.1) is 5.10 Å². The Balaban J connectivity index is 1.28. The molecule has 0 radical (unpaired) electrons. The lowest BCUT2D eigenvalue weighted by molar-refractivity contribution is -0.113. The van der Waals surface area contributed by atoms with Crippen molar-refractivity contribution in [2.75, 3.05) is 16.4 Å². The van der Waals surface area contributed by atoms with Gasteiger partial charge < -0.3 is 10.6 Å². The smallest absolute Gasteiger partial charge is 0.234 e. The van der Waals surface area contributed by atoms with Gasteiger partial charge in [-0.3, -0.25) is 4.79 Å². The van der Waals surface area contributed by atoms with Crippen molar-refractivity contribution in [3.63, 3.8) is 0 Å². The number of carbonyl (C=O) groups is 1. The maximum absolute atomic E-state index is 12.2. The predicted molar refractivity (Wildman–Crippen MR) is 110 cm³/mol. The summed E-state index contributed by atoms with van der Waals surface area (Å²) in [5.41, 5.74) is 3.00. The minimum Gasteiger partial charge on any atom is -0.379 e. The minimum absolute atomic E-state index is 0.0753. The molecule has 0 bridgehead atoms. The molecule has 1 aromatic heterocycles. The van der Waals surface area contributed by atoms with E-state index < -0.39 is 0 Å². The first-order valence-corrected chi connectivity index (χ1v) is 10.3. The number of benzene rings is 2. The van der Waals surface area contributed by atoms with Crippen LogP contribution >= 0.6 is 11.8 Å². The summed E-state index contributed by atoms with van der Waals surface area (Å²) in [4.78, 5) is 12.2. The minimum atomic E-state index is -0.0753. The molecule has 28 heavy (non-hydrogen) atoms. The molecule has 1 unspecified atom stereocenters. The van der Waals surface area contributed by atoms with Crippen LogP contribution in [0.3, 0.4) is 0 Å². The van der Waals surface area contributed by atoms with Crippen molar-refractivity contribution in [3.8, 4) is 0 Å². The molecular weight excluding hydrogens is 372 g/mol. The van der Waals surface area contributed by atoms with Crippen molar-refractivity contribution in [1.29, 1.82) is 0 Å². The zero-order chi connectivity index (χ0) is 19.3. The molecule has 2 aromatic carbocycles. The summed E-state index contributed by atoms with van der Waals surface area (Å²) >= 11 is 1.36. The van der Waals surface area contributed by atoms with Crippen LogP contribution in [0.5, 0.6) is 0 Å². The average Bonchev–Trinajstić information content (AvgIpc) is 3.46. The number of aromatic nitrogens is 4. The maximum atomic E-state index is 12.2. The molecule has 4 rings (SSSR count). The van der Waals surface area contributed by atoms with Crippen LogP contribution in [0.25, 0.3) is 0 Å². The molecule has 3 aromatic rings. The SMILES string of the molecule is CC(Nc1ccc(NC(=O)CSc2nnnn2C2CC2)cc1)c1ccccc1. The van der Waals surface area contributed by atoms with Gasteiger partial charge in [0, 0.05) is 17.4 Å². The van der Waals surface area contributed by atoms with Crippen molar-refractivity contribution < 1.29 is 4.79 Å². The van der Waals surface area contributed by atoms with Crippen molar-refractivity contribution >= 4 is 29.0 Å². The Morgan fingerprint density at radius 3 is 2.57 bits per heavy atom. The van der Waals surface area contributed by atoms with Crippen molar-refractivity contribution in [3.05, 3.63) is 60.2 Å². The highest BCUT2D eigenvalue weighted by Gasteiger charge is 2.28. The fourth-order valence-electron chi connectivity index (χ4n) is 2.88. The molecule has 8 heteroatoms. The molecule has 0 aliphatic heterocycles. The lowest BCUT2D eigenvalue weighted by atomic mass is 10.1.